The number of methoxy groups -OCH3 is 1. The summed E-state index contributed by atoms with van der Waals surface area (Å²) in [6, 6.07) is 7.43. The first-order chi connectivity index (χ1) is 24.4. The molecule has 51 heavy (non-hydrogen) atoms. The van der Waals surface area contributed by atoms with E-state index in [1.807, 2.05) is 37.3 Å². The zero-order valence-corrected chi connectivity index (χ0v) is 31.1. The smallest absolute Gasteiger partial charge is 0.308 e. The molecule has 0 amide bonds. The van der Waals surface area contributed by atoms with Crippen molar-refractivity contribution >= 4 is 23.3 Å². The van der Waals surface area contributed by atoms with Gasteiger partial charge in [0, 0.05) is 26.0 Å². The summed E-state index contributed by atoms with van der Waals surface area (Å²) in [5.74, 6) is -1.52. The Morgan fingerprint density at radius 2 is 1.78 bits per heavy atom. The fraction of sp³-hybridized carbons (Fsp3) is 0.622. The third kappa shape index (κ3) is 11.5. The molecular weight excluding hydrogens is 676 g/mol. The Morgan fingerprint density at radius 3 is 2.45 bits per heavy atom. The Labute approximate surface area is 304 Å². The quantitative estimate of drug-likeness (QED) is 0.208. The SMILES string of the molecule is CO[C@@H]1[C@@H](O[C@@H]2O[C@H](C)[C@@H](O)[C@H](N(C)C)[C@H]2O)[C@@H](CCNCc2ccc(-c3cnns3)cc2)C[C@@H](C)C(=O)/C=C\C=C/C[C@@H](C)OC(=O)C[C@H]1O. The first kappa shape index (κ1) is 40.8. The van der Waals surface area contributed by atoms with Crippen LogP contribution >= 0.6 is 11.5 Å². The Bertz CT molecular complexity index is 1420. The van der Waals surface area contributed by atoms with E-state index in [9.17, 15) is 24.9 Å². The maximum atomic E-state index is 13.3. The predicted octanol–water partition coefficient (Wildman–Crippen LogP) is 2.89. The minimum Gasteiger partial charge on any atom is -0.462 e. The molecule has 14 heteroatoms. The Balaban J connectivity index is 1.62. The molecule has 0 spiro atoms. The fourth-order valence-electron chi connectivity index (χ4n) is 6.72. The van der Waals surface area contributed by atoms with Crippen molar-refractivity contribution < 1.29 is 43.9 Å². The van der Waals surface area contributed by atoms with Crippen molar-refractivity contribution in [3.8, 4) is 10.4 Å². The molecule has 282 valence electrons. The highest BCUT2D eigenvalue weighted by molar-refractivity contribution is 7.09. The zero-order chi connectivity index (χ0) is 37.1. The minimum atomic E-state index is -1.34. The number of ketones is 1. The number of rotatable bonds is 10. The number of allylic oxidation sites excluding steroid dienone is 3. The van der Waals surface area contributed by atoms with Gasteiger partial charge in [0.05, 0.1) is 48.0 Å². The van der Waals surface area contributed by atoms with Crippen LogP contribution in [0.5, 0.6) is 0 Å². The Morgan fingerprint density at radius 1 is 1.04 bits per heavy atom. The third-order valence-corrected chi connectivity index (χ3v) is 10.3. The maximum absolute atomic E-state index is 13.3. The zero-order valence-electron chi connectivity index (χ0n) is 30.3. The molecule has 2 aliphatic heterocycles. The molecule has 4 rings (SSSR count). The lowest BCUT2D eigenvalue weighted by molar-refractivity contribution is -0.309. The van der Waals surface area contributed by atoms with Crippen LogP contribution in [0.4, 0.5) is 0 Å². The number of hydrogen-bond donors (Lipinski definition) is 4. The van der Waals surface area contributed by atoms with Crippen molar-refractivity contribution in [2.75, 3.05) is 27.7 Å². The number of aliphatic hydroxyl groups excluding tert-OH is 3. The van der Waals surface area contributed by atoms with Crippen molar-refractivity contribution in [2.45, 2.75) is 108 Å². The van der Waals surface area contributed by atoms with Crippen molar-refractivity contribution in [1.82, 2.24) is 19.8 Å². The number of aromatic nitrogens is 2. The van der Waals surface area contributed by atoms with Crippen molar-refractivity contribution in [1.29, 1.82) is 0 Å². The van der Waals surface area contributed by atoms with Crippen molar-refractivity contribution in [3.63, 3.8) is 0 Å². The summed E-state index contributed by atoms with van der Waals surface area (Å²) in [6.07, 6.45) is 1.50. The molecule has 3 heterocycles. The van der Waals surface area contributed by atoms with Crippen LogP contribution in [-0.4, -0.2) is 124 Å². The molecule has 1 saturated heterocycles. The third-order valence-electron chi connectivity index (χ3n) is 9.58. The van der Waals surface area contributed by atoms with Crippen molar-refractivity contribution in [2.24, 2.45) is 11.8 Å². The number of likely N-dealkylation sites (N-methyl/N-ethyl adjacent to an activating group) is 1. The number of benzene rings is 1. The fourth-order valence-corrected chi connectivity index (χ4v) is 7.24. The van der Waals surface area contributed by atoms with E-state index in [1.165, 1.54) is 24.7 Å². The van der Waals surface area contributed by atoms with Crippen molar-refractivity contribution in [3.05, 3.63) is 60.3 Å². The van der Waals surface area contributed by atoms with Crippen LogP contribution in [0.15, 0.2) is 54.8 Å². The number of cyclic esters (lactones) is 1. The molecule has 0 unspecified atom stereocenters. The lowest BCUT2D eigenvalue weighted by atomic mass is 9.82. The molecule has 1 fully saturated rings. The van der Waals surface area contributed by atoms with E-state index >= 15 is 0 Å². The summed E-state index contributed by atoms with van der Waals surface area (Å²) in [5, 5.41) is 41.2. The van der Waals surface area contributed by atoms with Gasteiger partial charge in [0.1, 0.15) is 18.3 Å². The molecule has 11 atom stereocenters. The highest BCUT2D eigenvalue weighted by Crippen LogP contribution is 2.33. The van der Waals surface area contributed by atoms with Crippen LogP contribution in [0.3, 0.4) is 0 Å². The molecule has 1 aromatic carbocycles. The van der Waals surface area contributed by atoms with Gasteiger partial charge in [-0.25, -0.2) is 0 Å². The molecule has 1 aromatic heterocycles. The van der Waals surface area contributed by atoms with Gasteiger partial charge in [-0.05, 0) is 82.0 Å². The minimum absolute atomic E-state index is 0.0768. The summed E-state index contributed by atoms with van der Waals surface area (Å²) in [6.45, 7) is 6.39. The lowest BCUT2D eigenvalue weighted by Crippen LogP contribution is -2.63. The van der Waals surface area contributed by atoms with Crippen LogP contribution in [-0.2, 0) is 35.1 Å². The number of esters is 1. The van der Waals surface area contributed by atoms with E-state index in [1.54, 1.807) is 51.2 Å². The highest BCUT2D eigenvalue weighted by Gasteiger charge is 2.48. The van der Waals surface area contributed by atoms with Crippen LogP contribution in [0.1, 0.15) is 52.0 Å². The molecule has 0 bridgehead atoms. The molecule has 13 nitrogen and oxygen atoms in total. The van der Waals surface area contributed by atoms with E-state index in [-0.39, 0.29) is 12.2 Å². The Hall–Kier alpha value is -2.92. The second-order valence-electron chi connectivity index (χ2n) is 13.8. The monoisotopic (exact) mass is 730 g/mol. The van der Waals surface area contributed by atoms with Gasteiger partial charge in [0.15, 0.2) is 12.1 Å². The topological polar surface area (TPSA) is 173 Å². The Kier molecular flexibility index (Phi) is 15.8. The predicted molar refractivity (Wildman–Crippen MR) is 193 cm³/mol. The van der Waals surface area contributed by atoms with Gasteiger partial charge < -0.3 is 44.5 Å². The average Bonchev–Trinajstić information content (AvgIpc) is 3.63. The molecule has 2 aromatic rings. The number of aliphatic hydroxyl groups is 3. The van der Waals surface area contributed by atoms with Gasteiger partial charge in [-0.2, -0.15) is 0 Å². The van der Waals surface area contributed by atoms with E-state index < -0.39 is 72.9 Å². The van der Waals surface area contributed by atoms with Gasteiger partial charge in [-0.1, -0.05) is 53.9 Å². The van der Waals surface area contributed by atoms with E-state index in [2.05, 4.69) is 14.9 Å². The lowest BCUT2D eigenvalue weighted by Gasteiger charge is -2.46. The number of nitrogens with one attached hydrogen (secondary N) is 1. The molecule has 0 radical (unpaired) electrons. The summed E-state index contributed by atoms with van der Waals surface area (Å²) < 4.78 is 28.0. The standard InChI is InChI=1S/C37H54N4O9S/c1-22-18-27(16-17-38-20-25-12-14-26(15-13-25)30-21-39-40-51-30)35(50-37-34(46)32(41(4)5)33(45)24(3)49-37)36(47-6)29(43)19-31(44)48-23(2)10-8-7-9-11-28(22)42/h7-9,11-15,21-24,27,29,32-38,43,45-46H,10,16-20H2,1-6H3/b8-7-,11-9-/t22-,23-,24-,27+,29-,32+,33-,34-,35+,36+,37+/m1/s1. The van der Waals surface area contributed by atoms with Gasteiger partial charge in [0.25, 0.3) is 0 Å². The molecule has 0 aliphatic carbocycles. The van der Waals surface area contributed by atoms with Crippen LogP contribution in [0, 0.1) is 11.8 Å². The number of carbonyl (C=O) groups is 2. The van der Waals surface area contributed by atoms with Gasteiger partial charge in [-0.3, -0.25) is 9.59 Å². The van der Waals surface area contributed by atoms with E-state index in [0.29, 0.717) is 32.4 Å². The van der Waals surface area contributed by atoms with Crippen LogP contribution < -0.4 is 5.32 Å². The number of ether oxygens (including phenoxy) is 4. The molecular formula is C37H54N4O9S. The van der Waals surface area contributed by atoms with Gasteiger partial charge in [0.2, 0.25) is 0 Å². The first-order valence-electron chi connectivity index (χ1n) is 17.6. The van der Waals surface area contributed by atoms with Gasteiger partial charge in [-0.15, -0.1) is 5.10 Å². The second-order valence-corrected chi connectivity index (χ2v) is 14.6. The first-order valence-corrected chi connectivity index (χ1v) is 18.3. The normalized spacial score (nSPS) is 34.3. The summed E-state index contributed by atoms with van der Waals surface area (Å²) in [4.78, 5) is 29.0. The van der Waals surface area contributed by atoms with Crippen LogP contribution in [0.25, 0.3) is 10.4 Å². The number of nitrogens with zero attached hydrogens (tertiary/aromatic N) is 3. The van der Waals surface area contributed by atoms with Gasteiger partial charge >= 0.3 is 5.97 Å². The average molecular weight is 731 g/mol. The van der Waals surface area contributed by atoms with E-state index in [0.717, 1.165) is 16.0 Å². The second kappa shape index (κ2) is 19.8. The summed E-state index contributed by atoms with van der Waals surface area (Å²) >= 11 is 1.34. The maximum Gasteiger partial charge on any atom is 0.308 e. The number of hydrogen-bond acceptors (Lipinski definition) is 14. The molecule has 0 saturated carbocycles. The summed E-state index contributed by atoms with van der Waals surface area (Å²) in [5.41, 5.74) is 2.11. The summed E-state index contributed by atoms with van der Waals surface area (Å²) in [7, 11) is 4.93. The van der Waals surface area contributed by atoms with Crippen LogP contribution in [0.2, 0.25) is 0 Å². The highest BCUT2D eigenvalue weighted by atomic mass is 32.1. The molecule has 4 N–H and O–H groups in total. The van der Waals surface area contributed by atoms with E-state index in [4.69, 9.17) is 18.9 Å². The largest absolute Gasteiger partial charge is 0.462 e. The number of carbonyl (C=O) groups excluding carboxylic acids is 2. The molecule has 2 aliphatic rings.